The number of nitrogens with one attached hydrogen (secondary N) is 1. The second-order valence-corrected chi connectivity index (χ2v) is 5.58. The number of ether oxygens (including phenoxy) is 4. The Hall–Kier alpha value is -3.22. The second-order valence-electron chi connectivity index (χ2n) is 5.58. The van der Waals surface area contributed by atoms with Gasteiger partial charge in [-0.15, -0.1) is 0 Å². The van der Waals surface area contributed by atoms with Crippen molar-refractivity contribution in [3.63, 3.8) is 0 Å². The summed E-state index contributed by atoms with van der Waals surface area (Å²) < 4.78 is 21.5. The van der Waals surface area contributed by atoms with E-state index in [0.717, 1.165) is 0 Å². The summed E-state index contributed by atoms with van der Waals surface area (Å²) in [5.41, 5.74) is 0.717. The average molecular weight is 387 g/mol. The van der Waals surface area contributed by atoms with Crippen LogP contribution in [-0.2, 0) is 9.53 Å². The molecule has 1 amide bonds. The van der Waals surface area contributed by atoms with Gasteiger partial charge in [-0.05, 0) is 45.0 Å². The van der Waals surface area contributed by atoms with Crippen LogP contribution in [0.3, 0.4) is 0 Å². The molecular formula is C21H25NO6. The molecule has 2 rings (SSSR count). The predicted molar refractivity (Wildman–Crippen MR) is 105 cm³/mol. The van der Waals surface area contributed by atoms with Gasteiger partial charge in [0.2, 0.25) is 0 Å². The molecule has 2 aromatic rings. The highest BCUT2D eigenvalue weighted by Gasteiger charge is 2.16. The van der Waals surface area contributed by atoms with Crippen LogP contribution in [0.4, 0.5) is 5.69 Å². The normalized spacial score (nSPS) is 10.1. The molecule has 0 aromatic heterocycles. The summed E-state index contributed by atoms with van der Waals surface area (Å²) in [7, 11) is 0. The Kier molecular flexibility index (Phi) is 8.14. The minimum Gasteiger partial charge on any atom is -0.494 e. The van der Waals surface area contributed by atoms with Gasteiger partial charge < -0.3 is 24.3 Å². The first-order valence-electron chi connectivity index (χ1n) is 9.17. The Morgan fingerprint density at radius 3 is 2.25 bits per heavy atom. The smallest absolute Gasteiger partial charge is 0.342 e. The van der Waals surface area contributed by atoms with Crippen molar-refractivity contribution in [3.8, 4) is 17.2 Å². The highest BCUT2D eigenvalue weighted by Crippen LogP contribution is 2.29. The van der Waals surface area contributed by atoms with Gasteiger partial charge in [0, 0.05) is 6.07 Å². The van der Waals surface area contributed by atoms with Crippen molar-refractivity contribution in [2.75, 3.05) is 31.7 Å². The molecule has 7 nitrogen and oxygen atoms in total. The molecule has 0 spiro atoms. The summed E-state index contributed by atoms with van der Waals surface area (Å²) in [6, 6.07) is 11.9. The Morgan fingerprint density at radius 2 is 1.54 bits per heavy atom. The molecule has 7 heteroatoms. The highest BCUT2D eigenvalue weighted by molar-refractivity contribution is 5.97. The van der Waals surface area contributed by atoms with Crippen molar-refractivity contribution in [2.24, 2.45) is 0 Å². The lowest BCUT2D eigenvalue weighted by atomic mass is 10.2. The van der Waals surface area contributed by atoms with Crippen molar-refractivity contribution < 1.29 is 28.5 Å². The Balaban J connectivity index is 2.02. The van der Waals surface area contributed by atoms with E-state index in [-0.39, 0.29) is 5.56 Å². The van der Waals surface area contributed by atoms with Crippen molar-refractivity contribution in [1.82, 2.24) is 0 Å². The Bertz CT molecular complexity index is 805. The number of rotatable bonds is 10. The number of benzene rings is 2. The van der Waals surface area contributed by atoms with E-state index >= 15 is 0 Å². The first-order chi connectivity index (χ1) is 13.6. The molecule has 0 fully saturated rings. The maximum atomic E-state index is 12.3. The van der Waals surface area contributed by atoms with Crippen LogP contribution in [0.2, 0.25) is 0 Å². The maximum Gasteiger partial charge on any atom is 0.342 e. The van der Waals surface area contributed by atoms with Crippen LogP contribution < -0.4 is 19.5 Å². The minimum absolute atomic E-state index is 0.269. The number of anilines is 1. The molecule has 0 heterocycles. The van der Waals surface area contributed by atoms with Crippen LogP contribution in [0.15, 0.2) is 42.5 Å². The third-order valence-corrected chi connectivity index (χ3v) is 3.58. The van der Waals surface area contributed by atoms with Crippen LogP contribution >= 0.6 is 0 Å². The molecular weight excluding hydrogens is 362 g/mol. The zero-order valence-electron chi connectivity index (χ0n) is 16.3. The monoisotopic (exact) mass is 387 g/mol. The molecule has 0 saturated heterocycles. The number of hydrogen-bond donors (Lipinski definition) is 1. The van der Waals surface area contributed by atoms with Gasteiger partial charge in [0.25, 0.3) is 5.91 Å². The lowest BCUT2D eigenvalue weighted by molar-refractivity contribution is -0.119. The van der Waals surface area contributed by atoms with E-state index in [1.807, 2.05) is 20.8 Å². The standard InChI is InChI=1S/C21H25NO6/c1-4-25-15-11-12-19(27-6-3)17(13-15)22-20(23)14-28-21(24)16-9-7-8-10-18(16)26-5-2/h7-13H,4-6,14H2,1-3H3,(H,22,23). The molecule has 2 aromatic carbocycles. The van der Waals surface area contributed by atoms with Gasteiger partial charge >= 0.3 is 5.97 Å². The number of para-hydroxylation sites is 1. The van der Waals surface area contributed by atoms with Crippen molar-refractivity contribution in [1.29, 1.82) is 0 Å². The number of esters is 1. The fourth-order valence-corrected chi connectivity index (χ4v) is 2.46. The van der Waals surface area contributed by atoms with Crippen LogP contribution in [-0.4, -0.2) is 38.3 Å². The van der Waals surface area contributed by atoms with E-state index in [2.05, 4.69) is 5.32 Å². The van der Waals surface area contributed by atoms with E-state index < -0.39 is 18.5 Å². The van der Waals surface area contributed by atoms with E-state index in [0.29, 0.717) is 42.8 Å². The highest BCUT2D eigenvalue weighted by atomic mass is 16.5. The molecule has 0 atom stereocenters. The summed E-state index contributed by atoms with van der Waals surface area (Å²) in [5.74, 6) is 0.402. The molecule has 0 aliphatic carbocycles. The van der Waals surface area contributed by atoms with Gasteiger partial charge in [0.05, 0.1) is 25.5 Å². The lowest BCUT2D eigenvalue weighted by Gasteiger charge is -2.14. The third kappa shape index (κ3) is 5.90. The zero-order chi connectivity index (χ0) is 20.4. The summed E-state index contributed by atoms with van der Waals surface area (Å²) in [4.78, 5) is 24.5. The van der Waals surface area contributed by atoms with E-state index in [1.165, 1.54) is 0 Å². The third-order valence-electron chi connectivity index (χ3n) is 3.58. The summed E-state index contributed by atoms with van der Waals surface area (Å²) in [6.07, 6.45) is 0. The summed E-state index contributed by atoms with van der Waals surface area (Å²) in [6.45, 7) is 6.46. The Morgan fingerprint density at radius 1 is 0.857 bits per heavy atom. The largest absolute Gasteiger partial charge is 0.494 e. The van der Waals surface area contributed by atoms with Gasteiger partial charge in [0.1, 0.15) is 22.8 Å². The summed E-state index contributed by atoms with van der Waals surface area (Å²) >= 11 is 0. The first kappa shape index (κ1) is 21.1. The van der Waals surface area contributed by atoms with Gasteiger partial charge in [-0.2, -0.15) is 0 Å². The number of amides is 1. The molecule has 150 valence electrons. The van der Waals surface area contributed by atoms with Gasteiger partial charge in [0.15, 0.2) is 6.61 Å². The first-order valence-corrected chi connectivity index (χ1v) is 9.17. The lowest BCUT2D eigenvalue weighted by Crippen LogP contribution is -2.21. The molecule has 28 heavy (non-hydrogen) atoms. The van der Waals surface area contributed by atoms with Crippen molar-refractivity contribution in [2.45, 2.75) is 20.8 Å². The second kappa shape index (κ2) is 10.8. The van der Waals surface area contributed by atoms with Crippen LogP contribution in [0.1, 0.15) is 31.1 Å². The molecule has 0 saturated carbocycles. The van der Waals surface area contributed by atoms with Gasteiger partial charge in [-0.1, -0.05) is 12.1 Å². The average Bonchev–Trinajstić information content (AvgIpc) is 2.69. The minimum atomic E-state index is -0.632. The molecule has 0 aliphatic rings. The number of carbonyl (C=O) groups is 2. The fourth-order valence-electron chi connectivity index (χ4n) is 2.46. The topological polar surface area (TPSA) is 83.1 Å². The van der Waals surface area contributed by atoms with E-state index in [4.69, 9.17) is 18.9 Å². The molecule has 1 N–H and O–H groups in total. The van der Waals surface area contributed by atoms with Gasteiger partial charge in [-0.25, -0.2) is 4.79 Å². The quantitative estimate of drug-likeness (QED) is 0.626. The van der Waals surface area contributed by atoms with E-state index in [9.17, 15) is 9.59 Å². The Labute approximate surface area is 164 Å². The molecule has 0 aliphatic heterocycles. The van der Waals surface area contributed by atoms with Crippen molar-refractivity contribution >= 4 is 17.6 Å². The maximum absolute atomic E-state index is 12.3. The van der Waals surface area contributed by atoms with E-state index in [1.54, 1.807) is 42.5 Å². The van der Waals surface area contributed by atoms with Crippen molar-refractivity contribution in [3.05, 3.63) is 48.0 Å². The summed E-state index contributed by atoms with van der Waals surface area (Å²) in [5, 5.41) is 2.69. The number of carbonyl (C=O) groups excluding carboxylic acids is 2. The molecule has 0 unspecified atom stereocenters. The van der Waals surface area contributed by atoms with Crippen LogP contribution in [0.5, 0.6) is 17.2 Å². The van der Waals surface area contributed by atoms with Gasteiger partial charge in [-0.3, -0.25) is 4.79 Å². The predicted octanol–water partition coefficient (Wildman–Crippen LogP) is 3.68. The van der Waals surface area contributed by atoms with Crippen LogP contribution in [0.25, 0.3) is 0 Å². The molecule has 0 radical (unpaired) electrons. The SMILES string of the molecule is CCOc1ccc(OCC)c(NC(=O)COC(=O)c2ccccc2OCC)c1. The zero-order valence-corrected chi connectivity index (χ0v) is 16.3. The number of hydrogen-bond acceptors (Lipinski definition) is 6. The fraction of sp³-hybridized carbons (Fsp3) is 0.333. The van der Waals surface area contributed by atoms with Crippen LogP contribution in [0, 0.1) is 0 Å². The molecule has 0 bridgehead atoms.